The fraction of sp³-hybridized carbons (Fsp3) is 0.467. The summed E-state index contributed by atoms with van der Waals surface area (Å²) in [5.41, 5.74) is 6.89. The molecule has 22 heavy (non-hydrogen) atoms. The summed E-state index contributed by atoms with van der Waals surface area (Å²) in [5.74, 6) is 1.28. The summed E-state index contributed by atoms with van der Waals surface area (Å²) in [6.07, 6.45) is 0. The van der Waals surface area contributed by atoms with Crippen molar-refractivity contribution in [3.63, 3.8) is 0 Å². The van der Waals surface area contributed by atoms with E-state index in [9.17, 15) is 5.26 Å². The first-order chi connectivity index (χ1) is 10.6. The van der Waals surface area contributed by atoms with Crippen LogP contribution in [0.4, 0.5) is 5.69 Å². The Balaban J connectivity index is 2.32. The molecular weight excluding hydrogens is 282 g/mol. The SMILES string of the molecule is COc1ccc(N=C(N)N2CCN(C)CC2)c(C#N)c1OC. The van der Waals surface area contributed by atoms with Crippen LogP contribution in [-0.2, 0) is 0 Å². The van der Waals surface area contributed by atoms with Gasteiger partial charge in [-0.1, -0.05) is 0 Å². The molecule has 118 valence electrons. The van der Waals surface area contributed by atoms with E-state index in [0.29, 0.717) is 28.7 Å². The van der Waals surface area contributed by atoms with Gasteiger partial charge in [-0.05, 0) is 19.2 Å². The summed E-state index contributed by atoms with van der Waals surface area (Å²) >= 11 is 0. The third kappa shape index (κ3) is 3.23. The second-order valence-corrected chi connectivity index (χ2v) is 5.07. The monoisotopic (exact) mass is 303 g/mol. The van der Waals surface area contributed by atoms with E-state index in [1.54, 1.807) is 12.1 Å². The van der Waals surface area contributed by atoms with E-state index in [1.165, 1.54) is 14.2 Å². The van der Waals surface area contributed by atoms with E-state index in [2.05, 4.69) is 23.0 Å². The van der Waals surface area contributed by atoms with Gasteiger partial charge in [0.1, 0.15) is 11.6 Å². The van der Waals surface area contributed by atoms with E-state index in [4.69, 9.17) is 15.2 Å². The van der Waals surface area contributed by atoms with Crippen LogP contribution in [0.5, 0.6) is 11.5 Å². The molecule has 1 fully saturated rings. The van der Waals surface area contributed by atoms with Crippen LogP contribution < -0.4 is 15.2 Å². The van der Waals surface area contributed by atoms with Gasteiger partial charge in [0.25, 0.3) is 0 Å². The van der Waals surface area contributed by atoms with Crippen molar-refractivity contribution in [2.45, 2.75) is 0 Å². The van der Waals surface area contributed by atoms with E-state index in [-0.39, 0.29) is 0 Å². The van der Waals surface area contributed by atoms with Crippen LogP contribution >= 0.6 is 0 Å². The van der Waals surface area contributed by atoms with Gasteiger partial charge in [-0.25, -0.2) is 4.99 Å². The lowest BCUT2D eigenvalue weighted by Gasteiger charge is -2.33. The molecular formula is C15H21N5O2. The predicted molar refractivity (Wildman–Crippen MR) is 84.6 cm³/mol. The van der Waals surface area contributed by atoms with E-state index in [1.807, 2.05) is 4.90 Å². The van der Waals surface area contributed by atoms with Crippen molar-refractivity contribution in [1.29, 1.82) is 5.26 Å². The van der Waals surface area contributed by atoms with Crippen molar-refractivity contribution < 1.29 is 9.47 Å². The number of hydrogen-bond acceptors (Lipinski definition) is 5. The molecule has 1 aliphatic rings. The number of nitriles is 1. The molecule has 1 heterocycles. The number of nitrogens with zero attached hydrogens (tertiary/aromatic N) is 4. The van der Waals surface area contributed by atoms with Gasteiger partial charge in [0.2, 0.25) is 0 Å². The molecule has 0 bridgehead atoms. The number of aliphatic imine (C=N–C) groups is 1. The minimum absolute atomic E-state index is 0.318. The van der Waals surface area contributed by atoms with Crippen LogP contribution in [0.1, 0.15) is 5.56 Å². The molecule has 0 radical (unpaired) electrons. The molecule has 0 spiro atoms. The Bertz CT molecular complexity index is 601. The minimum atomic E-state index is 0.318. The molecule has 0 saturated carbocycles. The van der Waals surface area contributed by atoms with Gasteiger partial charge in [-0.15, -0.1) is 0 Å². The molecule has 0 aromatic heterocycles. The van der Waals surface area contributed by atoms with E-state index in [0.717, 1.165) is 26.2 Å². The molecule has 1 saturated heterocycles. The van der Waals surface area contributed by atoms with Gasteiger partial charge < -0.3 is 25.0 Å². The van der Waals surface area contributed by atoms with Gasteiger partial charge in [-0.3, -0.25) is 0 Å². The first-order valence-corrected chi connectivity index (χ1v) is 7.03. The molecule has 7 heteroatoms. The number of ether oxygens (including phenoxy) is 2. The van der Waals surface area contributed by atoms with E-state index >= 15 is 0 Å². The second-order valence-electron chi connectivity index (χ2n) is 5.07. The summed E-state index contributed by atoms with van der Waals surface area (Å²) < 4.78 is 10.5. The summed E-state index contributed by atoms with van der Waals surface area (Å²) in [6.45, 7) is 3.52. The van der Waals surface area contributed by atoms with Gasteiger partial charge in [0, 0.05) is 26.2 Å². The van der Waals surface area contributed by atoms with E-state index < -0.39 is 0 Å². The highest BCUT2D eigenvalue weighted by molar-refractivity contribution is 5.83. The largest absolute Gasteiger partial charge is 0.493 e. The van der Waals surface area contributed by atoms with Crippen molar-refractivity contribution in [3.05, 3.63) is 17.7 Å². The fourth-order valence-electron chi connectivity index (χ4n) is 2.35. The third-order valence-corrected chi connectivity index (χ3v) is 3.70. The predicted octanol–water partition coefficient (Wildman–Crippen LogP) is 0.769. The number of rotatable bonds is 3. The maximum atomic E-state index is 9.39. The quantitative estimate of drug-likeness (QED) is 0.655. The van der Waals surface area contributed by atoms with Crippen molar-refractivity contribution >= 4 is 11.6 Å². The lowest BCUT2D eigenvalue weighted by molar-refractivity contribution is 0.214. The summed E-state index contributed by atoms with van der Waals surface area (Å²) in [4.78, 5) is 8.66. The maximum absolute atomic E-state index is 9.39. The topological polar surface area (TPSA) is 87.1 Å². The number of piperazine rings is 1. The third-order valence-electron chi connectivity index (χ3n) is 3.70. The molecule has 1 aliphatic heterocycles. The molecule has 0 unspecified atom stereocenters. The molecule has 2 rings (SSSR count). The van der Waals surface area contributed by atoms with Crippen LogP contribution in [0.15, 0.2) is 17.1 Å². The number of nitrogens with two attached hydrogens (primary N) is 1. The number of guanidine groups is 1. The van der Waals surface area contributed by atoms with Crippen LogP contribution in [-0.4, -0.2) is 63.2 Å². The number of likely N-dealkylation sites (N-methyl/N-ethyl adjacent to an activating group) is 1. The molecule has 7 nitrogen and oxygen atoms in total. The standard InChI is InChI=1S/C15H21N5O2/c1-19-6-8-20(9-7-19)15(17)18-12-4-5-13(21-2)14(22-3)11(12)10-16/h4-5H,6-9H2,1-3H3,(H2,17,18). The number of methoxy groups -OCH3 is 2. The second kappa shape index (κ2) is 7.00. The Morgan fingerprint density at radius 2 is 1.91 bits per heavy atom. The summed E-state index contributed by atoms with van der Waals surface area (Å²) in [6, 6.07) is 5.54. The maximum Gasteiger partial charge on any atom is 0.196 e. The zero-order chi connectivity index (χ0) is 16.1. The van der Waals surface area contributed by atoms with Crippen LogP contribution in [0.3, 0.4) is 0 Å². The highest BCUT2D eigenvalue weighted by Gasteiger charge is 2.18. The first kappa shape index (κ1) is 15.9. The van der Waals surface area contributed by atoms with Gasteiger partial charge in [0.05, 0.1) is 19.9 Å². The smallest absolute Gasteiger partial charge is 0.196 e. The summed E-state index contributed by atoms with van der Waals surface area (Å²) in [5, 5.41) is 9.39. The average molecular weight is 303 g/mol. The molecule has 1 aromatic carbocycles. The zero-order valence-electron chi connectivity index (χ0n) is 13.2. The van der Waals surface area contributed by atoms with Crippen molar-refractivity contribution in [3.8, 4) is 17.6 Å². The number of benzene rings is 1. The molecule has 1 aromatic rings. The molecule has 2 N–H and O–H groups in total. The Hall–Kier alpha value is -2.46. The Labute approximate surface area is 130 Å². The zero-order valence-corrected chi connectivity index (χ0v) is 13.2. The normalized spacial score (nSPS) is 16.3. The highest BCUT2D eigenvalue weighted by atomic mass is 16.5. The molecule has 0 amide bonds. The van der Waals surface area contributed by atoms with Crippen LogP contribution in [0, 0.1) is 11.3 Å². The first-order valence-electron chi connectivity index (χ1n) is 7.03. The molecule has 0 atom stereocenters. The van der Waals surface area contributed by atoms with Gasteiger partial charge in [0.15, 0.2) is 17.5 Å². The Kier molecular flexibility index (Phi) is 5.07. The van der Waals surface area contributed by atoms with Crippen molar-refractivity contribution in [2.75, 3.05) is 47.4 Å². The van der Waals surface area contributed by atoms with Crippen LogP contribution in [0.2, 0.25) is 0 Å². The highest BCUT2D eigenvalue weighted by Crippen LogP contribution is 2.36. The van der Waals surface area contributed by atoms with Gasteiger partial charge >= 0.3 is 0 Å². The van der Waals surface area contributed by atoms with Crippen molar-refractivity contribution in [2.24, 2.45) is 10.7 Å². The lowest BCUT2D eigenvalue weighted by atomic mass is 10.1. The number of hydrogen-bond donors (Lipinski definition) is 1. The average Bonchev–Trinajstić information content (AvgIpc) is 2.54. The Morgan fingerprint density at radius 3 is 2.45 bits per heavy atom. The Morgan fingerprint density at radius 1 is 1.23 bits per heavy atom. The molecule has 0 aliphatic carbocycles. The van der Waals surface area contributed by atoms with Crippen molar-refractivity contribution in [1.82, 2.24) is 9.80 Å². The van der Waals surface area contributed by atoms with Gasteiger partial charge in [-0.2, -0.15) is 5.26 Å². The summed E-state index contributed by atoms with van der Waals surface area (Å²) in [7, 11) is 5.10. The fourth-order valence-corrected chi connectivity index (χ4v) is 2.35. The lowest BCUT2D eigenvalue weighted by Crippen LogP contribution is -2.49. The van der Waals surface area contributed by atoms with Crippen LogP contribution in [0.25, 0.3) is 0 Å². The minimum Gasteiger partial charge on any atom is -0.493 e.